The molecule has 106 valence electrons. The summed E-state index contributed by atoms with van der Waals surface area (Å²) in [6, 6.07) is 12.1. The summed E-state index contributed by atoms with van der Waals surface area (Å²) in [5.41, 5.74) is 11.6. The number of anilines is 2. The normalized spacial score (nSPS) is 14.4. The van der Waals surface area contributed by atoms with Crippen molar-refractivity contribution in [3.63, 3.8) is 0 Å². The Bertz CT molecular complexity index is 879. The molecule has 5 nitrogen and oxygen atoms in total. The smallest absolute Gasteiger partial charge is 0.408 e. The van der Waals surface area contributed by atoms with Crippen LogP contribution in [0.2, 0.25) is 0 Å². The Hall–Kier alpha value is -2.69. The summed E-state index contributed by atoms with van der Waals surface area (Å²) in [7, 11) is 0. The van der Waals surface area contributed by atoms with Gasteiger partial charge in [0.1, 0.15) is 0 Å². The zero-order chi connectivity index (χ0) is 14.4. The van der Waals surface area contributed by atoms with Crippen LogP contribution >= 0.6 is 0 Å². The molecule has 1 aromatic heterocycles. The van der Waals surface area contributed by atoms with E-state index in [9.17, 15) is 4.79 Å². The van der Waals surface area contributed by atoms with E-state index in [4.69, 9.17) is 10.2 Å². The van der Waals surface area contributed by atoms with Gasteiger partial charge in [-0.25, -0.2) is 4.79 Å². The van der Waals surface area contributed by atoms with E-state index in [-0.39, 0.29) is 0 Å². The average Bonchev–Trinajstić information content (AvgIpc) is 2.85. The number of fused-ring (bicyclic) bond motifs is 2. The van der Waals surface area contributed by atoms with Crippen LogP contribution in [0.5, 0.6) is 0 Å². The van der Waals surface area contributed by atoms with Crippen LogP contribution in [0, 0.1) is 0 Å². The number of nitrogens with one attached hydrogen (secondary N) is 1. The molecule has 0 bridgehead atoms. The zero-order valence-corrected chi connectivity index (χ0v) is 11.4. The first kappa shape index (κ1) is 12.1. The number of hydrogen-bond donors (Lipinski definition) is 2. The van der Waals surface area contributed by atoms with Gasteiger partial charge in [-0.05, 0) is 23.6 Å². The van der Waals surface area contributed by atoms with E-state index in [0.29, 0.717) is 16.8 Å². The first-order valence-electron chi connectivity index (χ1n) is 6.95. The summed E-state index contributed by atoms with van der Waals surface area (Å²) in [6.07, 6.45) is 0.996. The summed E-state index contributed by atoms with van der Waals surface area (Å²) in [5.74, 6) is -0.453. The van der Waals surface area contributed by atoms with Crippen molar-refractivity contribution in [3.05, 3.63) is 58.1 Å². The van der Waals surface area contributed by atoms with E-state index in [2.05, 4.69) is 34.1 Å². The molecular formula is C16H15N3O2. The predicted molar refractivity (Wildman–Crippen MR) is 82.4 cm³/mol. The number of nitrogen functional groups attached to an aromatic ring is 1. The maximum Gasteiger partial charge on any atom is 0.417 e. The highest BCUT2D eigenvalue weighted by molar-refractivity contribution is 5.85. The molecule has 0 atom stereocenters. The molecule has 0 radical (unpaired) electrons. The highest BCUT2D eigenvalue weighted by Gasteiger charge is 2.19. The molecule has 3 N–H and O–H groups in total. The molecule has 2 heterocycles. The van der Waals surface area contributed by atoms with Crippen LogP contribution in [0.15, 0.2) is 45.6 Å². The number of oxazole rings is 1. The molecule has 5 heteroatoms. The fraction of sp³-hybridized carbons (Fsp3) is 0.188. The van der Waals surface area contributed by atoms with E-state index in [1.807, 2.05) is 6.07 Å². The molecule has 1 aliphatic rings. The lowest BCUT2D eigenvalue weighted by molar-refractivity contribution is 0.555. The van der Waals surface area contributed by atoms with E-state index in [1.165, 1.54) is 11.1 Å². The molecule has 0 unspecified atom stereocenters. The Morgan fingerprint density at radius 3 is 2.86 bits per heavy atom. The number of nitrogens with zero attached hydrogens (tertiary/aromatic N) is 1. The Labute approximate surface area is 121 Å². The first-order valence-corrected chi connectivity index (χ1v) is 6.95. The fourth-order valence-corrected chi connectivity index (χ4v) is 2.98. The van der Waals surface area contributed by atoms with Gasteiger partial charge in [-0.1, -0.05) is 24.3 Å². The number of hydrogen-bond acceptors (Lipinski definition) is 4. The summed E-state index contributed by atoms with van der Waals surface area (Å²) in [4.78, 5) is 16.2. The lowest BCUT2D eigenvalue weighted by atomic mass is 9.99. The predicted octanol–water partition coefficient (Wildman–Crippen LogP) is 2.27. The molecule has 2 aromatic carbocycles. The Morgan fingerprint density at radius 1 is 1.19 bits per heavy atom. The highest BCUT2D eigenvalue weighted by Crippen LogP contribution is 2.31. The molecule has 0 saturated heterocycles. The van der Waals surface area contributed by atoms with Crippen LogP contribution in [-0.2, 0) is 13.0 Å². The topological polar surface area (TPSA) is 75.3 Å². The van der Waals surface area contributed by atoms with Crippen molar-refractivity contribution in [2.75, 3.05) is 17.2 Å². The van der Waals surface area contributed by atoms with E-state index in [0.717, 1.165) is 25.2 Å². The van der Waals surface area contributed by atoms with Gasteiger partial charge in [-0.2, -0.15) is 0 Å². The molecule has 0 spiro atoms. The van der Waals surface area contributed by atoms with Crippen molar-refractivity contribution < 1.29 is 4.42 Å². The molecule has 0 aliphatic carbocycles. The van der Waals surface area contributed by atoms with Crippen molar-refractivity contribution in [2.45, 2.75) is 13.0 Å². The lowest BCUT2D eigenvalue weighted by Crippen LogP contribution is -2.30. The van der Waals surface area contributed by atoms with E-state index < -0.39 is 5.76 Å². The van der Waals surface area contributed by atoms with Gasteiger partial charge in [0.05, 0.1) is 16.9 Å². The molecule has 4 rings (SSSR count). The van der Waals surface area contributed by atoms with Gasteiger partial charge in [0.2, 0.25) is 0 Å². The van der Waals surface area contributed by atoms with E-state index >= 15 is 0 Å². The molecule has 21 heavy (non-hydrogen) atoms. The van der Waals surface area contributed by atoms with Gasteiger partial charge in [0.15, 0.2) is 5.58 Å². The van der Waals surface area contributed by atoms with E-state index in [1.54, 1.807) is 6.07 Å². The number of H-pyrrole nitrogens is 1. The summed E-state index contributed by atoms with van der Waals surface area (Å²) >= 11 is 0. The van der Waals surface area contributed by atoms with Gasteiger partial charge >= 0.3 is 5.76 Å². The minimum absolute atomic E-state index is 0.453. The SMILES string of the molecule is Nc1cc2oc(=O)[nH]c2cc1N1CCc2ccccc2C1. The third kappa shape index (κ3) is 1.98. The molecule has 0 fully saturated rings. The maximum atomic E-state index is 11.3. The second-order valence-corrected chi connectivity index (χ2v) is 5.36. The van der Waals surface area contributed by atoms with Crippen molar-refractivity contribution in [3.8, 4) is 0 Å². The monoisotopic (exact) mass is 281 g/mol. The minimum atomic E-state index is -0.453. The Balaban J connectivity index is 1.77. The maximum absolute atomic E-state index is 11.3. The van der Waals surface area contributed by atoms with Crippen molar-refractivity contribution in [1.29, 1.82) is 0 Å². The summed E-state index contributed by atoms with van der Waals surface area (Å²) in [6.45, 7) is 1.74. The first-order chi connectivity index (χ1) is 10.2. The standard InChI is InChI=1S/C16H15N3O2/c17-12-7-15-13(18-16(20)21-15)8-14(12)19-6-5-10-3-1-2-4-11(10)9-19/h1-4,7-8H,5-6,9,17H2,(H,18,20). The van der Waals surface area contributed by atoms with Crippen LogP contribution < -0.4 is 16.4 Å². The third-order valence-corrected chi connectivity index (χ3v) is 4.04. The van der Waals surface area contributed by atoms with Crippen LogP contribution in [0.25, 0.3) is 11.1 Å². The van der Waals surface area contributed by atoms with Gasteiger partial charge in [-0.3, -0.25) is 4.98 Å². The van der Waals surface area contributed by atoms with Crippen molar-refractivity contribution in [1.82, 2.24) is 4.98 Å². The second-order valence-electron chi connectivity index (χ2n) is 5.36. The van der Waals surface area contributed by atoms with Gasteiger partial charge in [0, 0.05) is 19.2 Å². The van der Waals surface area contributed by atoms with Crippen LogP contribution in [-0.4, -0.2) is 11.5 Å². The quantitative estimate of drug-likeness (QED) is 0.671. The number of benzene rings is 2. The van der Waals surface area contributed by atoms with Crippen LogP contribution in [0.4, 0.5) is 11.4 Å². The Kier molecular flexibility index (Phi) is 2.54. The Morgan fingerprint density at radius 2 is 2.00 bits per heavy atom. The van der Waals surface area contributed by atoms with Crippen molar-refractivity contribution >= 4 is 22.5 Å². The second kappa shape index (κ2) is 4.41. The molecular weight excluding hydrogens is 266 g/mol. The minimum Gasteiger partial charge on any atom is -0.408 e. The number of rotatable bonds is 1. The fourth-order valence-electron chi connectivity index (χ4n) is 2.98. The molecule has 0 amide bonds. The van der Waals surface area contributed by atoms with Gasteiger partial charge < -0.3 is 15.1 Å². The zero-order valence-electron chi connectivity index (χ0n) is 11.4. The summed E-state index contributed by atoms with van der Waals surface area (Å²) in [5, 5.41) is 0. The summed E-state index contributed by atoms with van der Waals surface area (Å²) < 4.78 is 5.04. The van der Waals surface area contributed by atoms with Crippen LogP contribution in [0.1, 0.15) is 11.1 Å². The number of nitrogens with two attached hydrogens (primary N) is 1. The lowest BCUT2D eigenvalue weighted by Gasteiger charge is -2.31. The largest absolute Gasteiger partial charge is 0.417 e. The molecule has 0 saturated carbocycles. The molecule has 1 aliphatic heterocycles. The van der Waals surface area contributed by atoms with Crippen LogP contribution in [0.3, 0.4) is 0 Å². The molecule has 3 aromatic rings. The average molecular weight is 281 g/mol. The van der Waals surface area contributed by atoms with Crippen molar-refractivity contribution in [2.24, 2.45) is 0 Å². The highest BCUT2D eigenvalue weighted by atomic mass is 16.4. The van der Waals surface area contributed by atoms with Gasteiger partial charge in [-0.15, -0.1) is 0 Å². The van der Waals surface area contributed by atoms with Gasteiger partial charge in [0.25, 0.3) is 0 Å². The third-order valence-electron chi connectivity index (χ3n) is 4.04. The number of aromatic amines is 1. The number of aromatic nitrogens is 1.